The van der Waals surface area contributed by atoms with Crippen LogP contribution in [0.1, 0.15) is 6.92 Å². The van der Waals surface area contributed by atoms with Gasteiger partial charge in [-0.2, -0.15) is 0 Å². The highest BCUT2D eigenvalue weighted by atomic mass is 16.2. The third kappa shape index (κ3) is 2.72. The molecule has 0 aromatic carbocycles. The number of rotatable bonds is 3. The topological polar surface area (TPSA) is 44.4 Å². The average molecular weight is 195 g/mol. The zero-order valence-electron chi connectivity index (χ0n) is 8.55. The predicted molar refractivity (Wildman–Crippen MR) is 55.7 cm³/mol. The van der Waals surface area contributed by atoms with Gasteiger partial charge in [-0.25, -0.2) is 0 Å². The van der Waals surface area contributed by atoms with Crippen LogP contribution in [0, 0.1) is 12.3 Å². The van der Waals surface area contributed by atoms with E-state index in [4.69, 9.17) is 6.42 Å². The van der Waals surface area contributed by atoms with Crippen molar-refractivity contribution in [1.29, 1.82) is 0 Å². The van der Waals surface area contributed by atoms with Gasteiger partial charge in [0.1, 0.15) is 6.04 Å². The number of carbonyl (C=O) groups excluding carboxylic acids is 1. The summed E-state index contributed by atoms with van der Waals surface area (Å²) in [5.74, 6) is 2.65. The van der Waals surface area contributed by atoms with Crippen molar-refractivity contribution in [3.8, 4) is 12.3 Å². The number of hydrogen-bond acceptors (Lipinski definition) is 3. The van der Waals surface area contributed by atoms with Crippen LogP contribution in [-0.4, -0.2) is 49.6 Å². The van der Waals surface area contributed by atoms with E-state index in [1.807, 2.05) is 11.8 Å². The lowest BCUT2D eigenvalue weighted by Gasteiger charge is -2.33. The summed E-state index contributed by atoms with van der Waals surface area (Å²) in [6.45, 7) is 5.56. The number of carbonyl (C=O) groups is 1. The fourth-order valence-electron chi connectivity index (χ4n) is 1.60. The molecule has 1 fully saturated rings. The van der Waals surface area contributed by atoms with E-state index in [2.05, 4.69) is 16.6 Å². The van der Waals surface area contributed by atoms with Crippen molar-refractivity contribution < 1.29 is 4.79 Å². The molecule has 1 saturated heterocycles. The summed E-state index contributed by atoms with van der Waals surface area (Å²) >= 11 is 0. The van der Waals surface area contributed by atoms with E-state index in [9.17, 15) is 4.79 Å². The van der Waals surface area contributed by atoms with Gasteiger partial charge in [-0.05, 0) is 6.92 Å². The van der Waals surface area contributed by atoms with E-state index in [0.717, 1.165) is 13.1 Å². The van der Waals surface area contributed by atoms with Crippen LogP contribution in [0.25, 0.3) is 0 Å². The number of nitrogens with zero attached hydrogens (tertiary/aromatic N) is 1. The van der Waals surface area contributed by atoms with Gasteiger partial charge in [-0.15, -0.1) is 6.42 Å². The van der Waals surface area contributed by atoms with Gasteiger partial charge in [0, 0.05) is 26.2 Å². The molecule has 0 aromatic rings. The molecule has 1 amide bonds. The van der Waals surface area contributed by atoms with Crippen LogP contribution < -0.4 is 10.6 Å². The Hall–Kier alpha value is -1.05. The quantitative estimate of drug-likeness (QED) is 0.570. The van der Waals surface area contributed by atoms with Gasteiger partial charge in [0.25, 0.3) is 0 Å². The van der Waals surface area contributed by atoms with E-state index in [-0.39, 0.29) is 11.9 Å². The van der Waals surface area contributed by atoms with E-state index < -0.39 is 0 Å². The summed E-state index contributed by atoms with van der Waals surface area (Å²) in [4.78, 5) is 13.7. The molecular weight excluding hydrogens is 178 g/mol. The summed E-state index contributed by atoms with van der Waals surface area (Å²) < 4.78 is 0. The fraction of sp³-hybridized carbons (Fsp3) is 0.700. The first-order chi connectivity index (χ1) is 6.79. The zero-order chi connectivity index (χ0) is 10.4. The van der Waals surface area contributed by atoms with Crippen LogP contribution in [-0.2, 0) is 4.79 Å². The fourth-order valence-corrected chi connectivity index (χ4v) is 1.60. The van der Waals surface area contributed by atoms with Crippen LogP contribution in [0.2, 0.25) is 0 Å². The maximum Gasteiger partial charge on any atom is 0.238 e. The molecule has 1 unspecified atom stereocenters. The highest BCUT2D eigenvalue weighted by Crippen LogP contribution is 2.02. The zero-order valence-corrected chi connectivity index (χ0v) is 8.55. The van der Waals surface area contributed by atoms with Crippen LogP contribution in [0.5, 0.6) is 0 Å². The molecule has 1 atom stereocenters. The van der Waals surface area contributed by atoms with Crippen LogP contribution in [0.3, 0.4) is 0 Å². The molecule has 1 aliphatic rings. The SMILES string of the molecule is C#CCN1CCNCC1C(=O)NCC. The first-order valence-electron chi connectivity index (χ1n) is 4.95. The second kappa shape index (κ2) is 5.63. The van der Waals surface area contributed by atoms with Gasteiger partial charge >= 0.3 is 0 Å². The molecule has 2 N–H and O–H groups in total. The molecule has 4 nitrogen and oxygen atoms in total. The maximum absolute atomic E-state index is 11.6. The van der Waals surface area contributed by atoms with Crippen molar-refractivity contribution in [2.24, 2.45) is 0 Å². The van der Waals surface area contributed by atoms with Crippen LogP contribution in [0.15, 0.2) is 0 Å². The number of likely N-dealkylation sites (N-methyl/N-ethyl adjacent to an activating group) is 1. The Morgan fingerprint density at radius 3 is 3.21 bits per heavy atom. The molecule has 1 aliphatic heterocycles. The lowest BCUT2D eigenvalue weighted by Crippen LogP contribution is -2.57. The molecule has 14 heavy (non-hydrogen) atoms. The average Bonchev–Trinajstić information content (AvgIpc) is 2.19. The Labute approximate surface area is 85.0 Å². The van der Waals surface area contributed by atoms with E-state index in [1.165, 1.54) is 0 Å². The van der Waals surface area contributed by atoms with E-state index in [0.29, 0.717) is 19.6 Å². The number of nitrogens with one attached hydrogen (secondary N) is 2. The second-order valence-corrected chi connectivity index (χ2v) is 3.29. The first-order valence-corrected chi connectivity index (χ1v) is 4.95. The number of amides is 1. The molecule has 0 bridgehead atoms. The highest BCUT2D eigenvalue weighted by Gasteiger charge is 2.27. The summed E-state index contributed by atoms with van der Waals surface area (Å²) in [5, 5.41) is 6.01. The third-order valence-corrected chi connectivity index (χ3v) is 2.30. The second-order valence-electron chi connectivity index (χ2n) is 3.29. The minimum Gasteiger partial charge on any atom is -0.355 e. The third-order valence-electron chi connectivity index (χ3n) is 2.30. The van der Waals surface area contributed by atoms with Gasteiger partial charge < -0.3 is 10.6 Å². The number of hydrogen-bond donors (Lipinski definition) is 2. The Morgan fingerprint density at radius 1 is 1.79 bits per heavy atom. The minimum absolute atomic E-state index is 0.0648. The van der Waals surface area contributed by atoms with Crippen LogP contribution >= 0.6 is 0 Å². The monoisotopic (exact) mass is 195 g/mol. The Bertz CT molecular complexity index is 234. The standard InChI is InChI=1S/C10H17N3O/c1-3-6-13-7-5-11-8-9(13)10(14)12-4-2/h1,9,11H,4-8H2,2H3,(H,12,14). The maximum atomic E-state index is 11.6. The van der Waals surface area contributed by atoms with E-state index in [1.54, 1.807) is 0 Å². The predicted octanol–water partition coefficient (Wildman–Crippen LogP) is -0.970. The molecule has 78 valence electrons. The highest BCUT2D eigenvalue weighted by molar-refractivity contribution is 5.82. The molecule has 0 radical (unpaired) electrons. The lowest BCUT2D eigenvalue weighted by molar-refractivity contribution is -0.126. The molecule has 1 heterocycles. The molecule has 0 aromatic heterocycles. The van der Waals surface area contributed by atoms with Gasteiger partial charge in [0.05, 0.1) is 6.54 Å². The number of terminal acetylenes is 1. The summed E-state index contributed by atoms with van der Waals surface area (Å²) in [5.41, 5.74) is 0. The lowest BCUT2D eigenvalue weighted by atomic mass is 10.2. The smallest absolute Gasteiger partial charge is 0.238 e. The minimum atomic E-state index is -0.111. The Kier molecular flexibility index (Phi) is 4.44. The molecule has 4 heteroatoms. The van der Waals surface area contributed by atoms with Crippen molar-refractivity contribution >= 4 is 5.91 Å². The van der Waals surface area contributed by atoms with E-state index >= 15 is 0 Å². The Balaban J connectivity index is 2.53. The van der Waals surface area contributed by atoms with Crippen molar-refractivity contribution in [3.63, 3.8) is 0 Å². The summed E-state index contributed by atoms with van der Waals surface area (Å²) in [7, 11) is 0. The summed E-state index contributed by atoms with van der Waals surface area (Å²) in [6, 6.07) is -0.111. The normalized spacial score (nSPS) is 22.7. The molecule has 0 saturated carbocycles. The van der Waals surface area contributed by atoms with Gasteiger partial charge in [-0.1, -0.05) is 5.92 Å². The van der Waals surface area contributed by atoms with Crippen molar-refractivity contribution in [1.82, 2.24) is 15.5 Å². The summed E-state index contributed by atoms with van der Waals surface area (Å²) in [6.07, 6.45) is 5.25. The molecule has 0 spiro atoms. The number of piperazine rings is 1. The van der Waals surface area contributed by atoms with Gasteiger partial charge in [-0.3, -0.25) is 9.69 Å². The van der Waals surface area contributed by atoms with Gasteiger partial charge in [0.15, 0.2) is 0 Å². The molecule has 0 aliphatic carbocycles. The largest absolute Gasteiger partial charge is 0.355 e. The first kappa shape index (κ1) is 11.0. The molecular formula is C10H17N3O. The van der Waals surface area contributed by atoms with Crippen molar-refractivity contribution in [3.05, 3.63) is 0 Å². The van der Waals surface area contributed by atoms with Gasteiger partial charge in [0.2, 0.25) is 5.91 Å². The Morgan fingerprint density at radius 2 is 2.57 bits per heavy atom. The van der Waals surface area contributed by atoms with Crippen molar-refractivity contribution in [2.45, 2.75) is 13.0 Å². The van der Waals surface area contributed by atoms with Crippen molar-refractivity contribution in [2.75, 3.05) is 32.7 Å². The molecule has 1 rings (SSSR count). The van der Waals surface area contributed by atoms with Crippen LogP contribution in [0.4, 0.5) is 0 Å².